The van der Waals surface area contributed by atoms with E-state index >= 15 is 0 Å². The molecule has 0 radical (unpaired) electrons. The Balaban J connectivity index is 1.70. The van der Waals surface area contributed by atoms with Gasteiger partial charge in [0.15, 0.2) is 0 Å². The highest BCUT2D eigenvalue weighted by Gasteiger charge is 2.29. The van der Waals surface area contributed by atoms with Crippen LogP contribution in [0.25, 0.3) is 11.0 Å². The third-order valence-electron chi connectivity index (χ3n) is 5.10. The van der Waals surface area contributed by atoms with Gasteiger partial charge in [-0.2, -0.15) is 0 Å². The lowest BCUT2D eigenvalue weighted by molar-refractivity contribution is 0.145. The number of aliphatic hydroxyl groups excluding tert-OH is 1. The molecule has 2 aromatic carbocycles. The van der Waals surface area contributed by atoms with Gasteiger partial charge in [0, 0.05) is 33.6 Å². The number of benzene rings is 2. The minimum atomic E-state index is -0.563. The van der Waals surface area contributed by atoms with Crippen LogP contribution in [0.15, 0.2) is 50.1 Å². The van der Waals surface area contributed by atoms with Gasteiger partial charge in [-0.25, -0.2) is 4.79 Å². The van der Waals surface area contributed by atoms with Crippen LogP contribution in [0.2, 0.25) is 0 Å². The van der Waals surface area contributed by atoms with E-state index in [-0.39, 0.29) is 11.7 Å². The smallest absolute Gasteiger partial charge is 0.336 e. The minimum Gasteiger partial charge on any atom is -0.422 e. The molecule has 1 heterocycles. The molecule has 1 aliphatic carbocycles. The summed E-state index contributed by atoms with van der Waals surface area (Å²) in [6.07, 6.45) is 0.567. The Labute approximate surface area is 160 Å². The highest BCUT2D eigenvalue weighted by molar-refractivity contribution is 9.10. The van der Waals surface area contributed by atoms with E-state index in [4.69, 9.17) is 4.42 Å². The van der Waals surface area contributed by atoms with E-state index in [1.54, 1.807) is 0 Å². The fraction of sp³-hybridized carbons (Fsp3) is 0.286. The van der Waals surface area contributed by atoms with E-state index in [0.717, 1.165) is 32.2 Å². The SMILES string of the molecule is Cc1ccc(N[C@H]2Cc3ccc4c(C)cc(=O)oc4c3C[C@@H]2O)c(Br)c1. The molecule has 0 unspecified atom stereocenters. The Hall–Kier alpha value is -2.11. The lowest BCUT2D eigenvalue weighted by Crippen LogP contribution is -2.40. The fourth-order valence-electron chi connectivity index (χ4n) is 3.70. The molecule has 0 saturated carbocycles. The van der Waals surface area contributed by atoms with E-state index < -0.39 is 6.10 Å². The summed E-state index contributed by atoms with van der Waals surface area (Å²) in [6.45, 7) is 3.95. The number of anilines is 1. The molecule has 26 heavy (non-hydrogen) atoms. The molecule has 5 heteroatoms. The Kier molecular flexibility index (Phi) is 4.37. The molecule has 2 atom stereocenters. The molecule has 134 valence electrons. The molecule has 0 bridgehead atoms. The predicted octanol–water partition coefficient (Wildman–Crippen LogP) is 4.11. The van der Waals surface area contributed by atoms with Gasteiger partial charge < -0.3 is 14.8 Å². The second-order valence-corrected chi connectivity index (χ2v) is 7.89. The van der Waals surface area contributed by atoms with E-state index in [1.807, 2.05) is 32.0 Å². The van der Waals surface area contributed by atoms with Crippen LogP contribution in [-0.2, 0) is 12.8 Å². The maximum atomic E-state index is 11.8. The number of fused-ring (bicyclic) bond motifs is 3. The molecular formula is C21H20BrNO3. The van der Waals surface area contributed by atoms with Crippen molar-refractivity contribution < 1.29 is 9.52 Å². The molecular weight excluding hydrogens is 394 g/mol. The molecule has 0 aliphatic heterocycles. The van der Waals surface area contributed by atoms with Gasteiger partial charge in [0.05, 0.1) is 12.1 Å². The molecule has 0 saturated heterocycles. The number of nitrogens with one attached hydrogen (secondary N) is 1. The minimum absolute atomic E-state index is 0.101. The molecule has 4 rings (SSSR count). The van der Waals surface area contributed by atoms with Gasteiger partial charge in [-0.1, -0.05) is 18.2 Å². The number of hydrogen-bond acceptors (Lipinski definition) is 4. The van der Waals surface area contributed by atoms with Crippen LogP contribution in [-0.4, -0.2) is 17.3 Å². The van der Waals surface area contributed by atoms with Gasteiger partial charge in [0.2, 0.25) is 0 Å². The molecule has 0 spiro atoms. The van der Waals surface area contributed by atoms with Gasteiger partial charge in [0.25, 0.3) is 0 Å². The highest BCUT2D eigenvalue weighted by atomic mass is 79.9. The number of rotatable bonds is 2. The molecule has 2 N–H and O–H groups in total. The first-order chi connectivity index (χ1) is 12.4. The third-order valence-corrected chi connectivity index (χ3v) is 5.76. The molecule has 1 aromatic heterocycles. The van der Waals surface area contributed by atoms with Crippen molar-refractivity contribution in [3.8, 4) is 0 Å². The van der Waals surface area contributed by atoms with Crippen molar-refractivity contribution in [2.45, 2.75) is 38.8 Å². The Morgan fingerprint density at radius 2 is 1.96 bits per heavy atom. The van der Waals surface area contributed by atoms with Crippen LogP contribution in [0.4, 0.5) is 5.69 Å². The first-order valence-electron chi connectivity index (χ1n) is 8.68. The molecule has 3 aromatic rings. The normalized spacial score (nSPS) is 19.4. The number of hydrogen-bond donors (Lipinski definition) is 2. The van der Waals surface area contributed by atoms with Gasteiger partial charge in [-0.15, -0.1) is 0 Å². The van der Waals surface area contributed by atoms with Crippen molar-refractivity contribution in [2.75, 3.05) is 5.32 Å². The highest BCUT2D eigenvalue weighted by Crippen LogP contribution is 2.32. The van der Waals surface area contributed by atoms with Gasteiger partial charge >= 0.3 is 5.63 Å². The summed E-state index contributed by atoms with van der Waals surface area (Å²) >= 11 is 3.58. The van der Waals surface area contributed by atoms with E-state index in [2.05, 4.69) is 33.4 Å². The number of aryl methyl sites for hydroxylation is 2. The Morgan fingerprint density at radius 3 is 2.73 bits per heavy atom. The lowest BCUT2D eigenvalue weighted by Gasteiger charge is -2.31. The van der Waals surface area contributed by atoms with Crippen LogP contribution in [0.3, 0.4) is 0 Å². The van der Waals surface area contributed by atoms with Crippen LogP contribution >= 0.6 is 15.9 Å². The van der Waals surface area contributed by atoms with Gasteiger partial charge in [-0.3, -0.25) is 0 Å². The zero-order chi connectivity index (χ0) is 18.4. The quantitative estimate of drug-likeness (QED) is 0.620. The van der Waals surface area contributed by atoms with E-state index in [1.165, 1.54) is 11.6 Å². The first-order valence-corrected chi connectivity index (χ1v) is 9.47. The van der Waals surface area contributed by atoms with Crippen molar-refractivity contribution in [3.05, 3.63) is 73.5 Å². The third kappa shape index (κ3) is 3.06. The largest absolute Gasteiger partial charge is 0.422 e. The van der Waals surface area contributed by atoms with Crippen molar-refractivity contribution >= 4 is 32.6 Å². The number of halogens is 1. The van der Waals surface area contributed by atoms with Crippen LogP contribution < -0.4 is 10.9 Å². The average molecular weight is 414 g/mol. The summed E-state index contributed by atoms with van der Waals surface area (Å²) in [5, 5.41) is 15.1. The fourth-order valence-corrected chi connectivity index (χ4v) is 4.31. The number of aliphatic hydroxyl groups is 1. The zero-order valence-electron chi connectivity index (χ0n) is 14.7. The summed E-state index contributed by atoms with van der Waals surface area (Å²) in [4.78, 5) is 11.8. The second-order valence-electron chi connectivity index (χ2n) is 7.04. The van der Waals surface area contributed by atoms with Crippen molar-refractivity contribution in [1.82, 2.24) is 0 Å². The zero-order valence-corrected chi connectivity index (χ0v) is 16.3. The lowest BCUT2D eigenvalue weighted by atomic mass is 9.84. The maximum Gasteiger partial charge on any atom is 0.336 e. The Bertz CT molecular complexity index is 1060. The van der Waals surface area contributed by atoms with Gasteiger partial charge in [0.1, 0.15) is 5.58 Å². The van der Waals surface area contributed by atoms with Crippen molar-refractivity contribution in [3.63, 3.8) is 0 Å². The monoisotopic (exact) mass is 413 g/mol. The molecule has 0 amide bonds. The summed E-state index contributed by atoms with van der Waals surface area (Å²) in [7, 11) is 0. The van der Waals surface area contributed by atoms with Crippen LogP contribution in [0.1, 0.15) is 22.3 Å². The predicted molar refractivity (Wildman–Crippen MR) is 107 cm³/mol. The molecule has 1 aliphatic rings. The standard InChI is InChI=1S/C21H20BrNO3/c1-11-3-6-17(16(22)7-11)23-18-9-13-4-5-14-12(2)8-20(25)26-21(14)15(13)10-19(18)24/h3-8,18-19,23-24H,9-10H2,1-2H3/t18-,19-/m0/s1. The van der Waals surface area contributed by atoms with E-state index in [0.29, 0.717) is 18.4 Å². The van der Waals surface area contributed by atoms with Crippen molar-refractivity contribution in [1.29, 1.82) is 0 Å². The maximum absolute atomic E-state index is 11.8. The summed E-state index contributed by atoms with van der Waals surface area (Å²) in [6, 6.07) is 11.6. The van der Waals surface area contributed by atoms with Crippen molar-refractivity contribution in [2.24, 2.45) is 0 Å². The van der Waals surface area contributed by atoms with E-state index in [9.17, 15) is 9.90 Å². The summed E-state index contributed by atoms with van der Waals surface area (Å²) in [5.74, 6) is 0. The summed E-state index contributed by atoms with van der Waals surface area (Å²) in [5.41, 5.74) is 5.36. The summed E-state index contributed by atoms with van der Waals surface area (Å²) < 4.78 is 6.46. The molecule has 4 nitrogen and oxygen atoms in total. The molecule has 0 fully saturated rings. The van der Waals surface area contributed by atoms with Gasteiger partial charge in [-0.05, 0) is 65.0 Å². The topological polar surface area (TPSA) is 62.5 Å². The second kappa shape index (κ2) is 6.56. The Morgan fingerprint density at radius 1 is 1.15 bits per heavy atom. The average Bonchev–Trinajstić information content (AvgIpc) is 2.58. The first kappa shape index (κ1) is 17.3. The van der Waals surface area contributed by atoms with Crippen LogP contribution in [0, 0.1) is 13.8 Å². The van der Waals surface area contributed by atoms with Crippen LogP contribution in [0.5, 0.6) is 0 Å².